The molecular weight excluding hydrogens is 155 g/mol. The second kappa shape index (κ2) is 3.64. The number of benzene rings is 1. The second-order valence-electron chi connectivity index (χ2n) is 2.48. The fraction of sp³-hybridized carbons (Fsp3) is 0.333. The van der Waals surface area contributed by atoms with E-state index in [1.54, 1.807) is 0 Å². The van der Waals surface area contributed by atoms with Gasteiger partial charge in [0.1, 0.15) is 6.16 Å². The van der Waals surface area contributed by atoms with Crippen molar-refractivity contribution >= 4 is 13.1 Å². The monoisotopic (exact) mass is 167 g/mol. The standard InChI is InChI=1S/C9H12OP/c1-3-11(10)9-7-5-4-6-8(9)2/h4-7H,3H2,1-2H3/q+1. The lowest BCUT2D eigenvalue weighted by Gasteiger charge is -1.90. The smallest absolute Gasteiger partial charge is 0.0681 e. The van der Waals surface area contributed by atoms with Crippen LogP contribution in [0.25, 0.3) is 0 Å². The first-order valence-electron chi connectivity index (χ1n) is 3.76. The Morgan fingerprint density at radius 2 is 2.00 bits per heavy atom. The Morgan fingerprint density at radius 1 is 1.36 bits per heavy atom. The van der Waals surface area contributed by atoms with Crippen molar-refractivity contribution in [2.24, 2.45) is 0 Å². The second-order valence-corrected chi connectivity index (χ2v) is 4.35. The van der Waals surface area contributed by atoms with Crippen molar-refractivity contribution < 1.29 is 4.57 Å². The van der Waals surface area contributed by atoms with Gasteiger partial charge in [-0.3, -0.25) is 0 Å². The molecule has 0 spiro atoms. The van der Waals surface area contributed by atoms with E-state index in [-0.39, 0.29) is 0 Å². The first-order valence-corrected chi connectivity index (χ1v) is 5.20. The molecule has 11 heavy (non-hydrogen) atoms. The van der Waals surface area contributed by atoms with Gasteiger partial charge in [0.15, 0.2) is 5.30 Å². The molecule has 0 aliphatic carbocycles. The zero-order chi connectivity index (χ0) is 8.27. The lowest BCUT2D eigenvalue weighted by Crippen LogP contribution is -2.01. The fourth-order valence-electron chi connectivity index (χ4n) is 1.01. The molecule has 0 amide bonds. The maximum atomic E-state index is 11.4. The molecule has 0 saturated carbocycles. The van der Waals surface area contributed by atoms with Crippen LogP contribution in [0, 0.1) is 6.92 Å². The van der Waals surface area contributed by atoms with Crippen LogP contribution < -0.4 is 5.30 Å². The van der Waals surface area contributed by atoms with E-state index in [1.807, 2.05) is 38.1 Å². The van der Waals surface area contributed by atoms with Crippen molar-refractivity contribution in [1.82, 2.24) is 0 Å². The van der Waals surface area contributed by atoms with Gasteiger partial charge in [0.25, 0.3) is 0 Å². The minimum absolute atomic E-state index is 0.736. The molecule has 1 unspecified atom stereocenters. The van der Waals surface area contributed by atoms with Crippen LogP contribution in [-0.2, 0) is 4.57 Å². The number of hydrogen-bond donors (Lipinski definition) is 0. The summed E-state index contributed by atoms with van der Waals surface area (Å²) in [6.45, 7) is 3.95. The van der Waals surface area contributed by atoms with E-state index in [9.17, 15) is 4.57 Å². The van der Waals surface area contributed by atoms with Crippen molar-refractivity contribution in [3.8, 4) is 0 Å². The normalized spacial score (nSPS) is 11.3. The lowest BCUT2D eigenvalue weighted by molar-refractivity contribution is 0.593. The van der Waals surface area contributed by atoms with E-state index in [0.29, 0.717) is 0 Å². The van der Waals surface area contributed by atoms with Crippen LogP contribution in [0.1, 0.15) is 12.5 Å². The van der Waals surface area contributed by atoms with Crippen molar-refractivity contribution in [2.75, 3.05) is 6.16 Å². The molecule has 1 rings (SSSR count). The molecule has 0 bridgehead atoms. The Bertz CT molecular complexity index is 268. The highest BCUT2D eigenvalue weighted by molar-refractivity contribution is 7.53. The van der Waals surface area contributed by atoms with Gasteiger partial charge in [-0.05, 0) is 19.9 Å². The van der Waals surface area contributed by atoms with Crippen LogP contribution in [0.5, 0.6) is 0 Å². The third-order valence-corrected chi connectivity index (χ3v) is 3.28. The molecular formula is C9H12OP+. The molecule has 1 aromatic carbocycles. The van der Waals surface area contributed by atoms with Crippen molar-refractivity contribution in [1.29, 1.82) is 0 Å². The van der Waals surface area contributed by atoms with Gasteiger partial charge >= 0.3 is 7.80 Å². The van der Waals surface area contributed by atoms with Crippen LogP contribution in [0.2, 0.25) is 0 Å². The van der Waals surface area contributed by atoms with Gasteiger partial charge in [-0.15, -0.1) is 0 Å². The summed E-state index contributed by atoms with van der Waals surface area (Å²) in [5.74, 6) is 0. The number of hydrogen-bond acceptors (Lipinski definition) is 1. The minimum atomic E-state index is -1.14. The maximum absolute atomic E-state index is 11.4. The van der Waals surface area contributed by atoms with Gasteiger partial charge < -0.3 is 0 Å². The fourth-order valence-corrected chi connectivity index (χ4v) is 2.07. The van der Waals surface area contributed by atoms with Crippen molar-refractivity contribution in [3.63, 3.8) is 0 Å². The molecule has 0 aliphatic heterocycles. The Morgan fingerprint density at radius 3 is 2.55 bits per heavy atom. The van der Waals surface area contributed by atoms with Gasteiger partial charge in [0, 0.05) is 5.56 Å². The molecule has 0 heterocycles. The molecule has 1 nitrogen and oxygen atoms in total. The Kier molecular flexibility index (Phi) is 2.78. The Hall–Kier alpha value is -0.680. The first-order chi connectivity index (χ1) is 5.25. The largest absolute Gasteiger partial charge is 0.376 e. The summed E-state index contributed by atoms with van der Waals surface area (Å²) in [4.78, 5) is 0. The van der Waals surface area contributed by atoms with E-state index < -0.39 is 7.80 Å². The van der Waals surface area contributed by atoms with E-state index in [0.717, 1.165) is 17.0 Å². The third-order valence-electron chi connectivity index (χ3n) is 1.67. The van der Waals surface area contributed by atoms with E-state index in [4.69, 9.17) is 0 Å². The summed E-state index contributed by atoms with van der Waals surface area (Å²) in [5, 5.41) is 1.00. The lowest BCUT2D eigenvalue weighted by atomic mass is 10.2. The van der Waals surface area contributed by atoms with Crippen LogP contribution in [0.3, 0.4) is 0 Å². The molecule has 58 valence electrons. The van der Waals surface area contributed by atoms with Crippen LogP contribution in [0.4, 0.5) is 0 Å². The quantitative estimate of drug-likeness (QED) is 0.618. The molecule has 1 aromatic rings. The molecule has 0 aromatic heterocycles. The predicted molar refractivity (Wildman–Crippen MR) is 49.0 cm³/mol. The van der Waals surface area contributed by atoms with E-state index in [1.165, 1.54) is 0 Å². The predicted octanol–water partition coefficient (Wildman–Crippen LogP) is 2.47. The van der Waals surface area contributed by atoms with Gasteiger partial charge in [0.2, 0.25) is 0 Å². The number of aryl methyl sites for hydroxylation is 1. The van der Waals surface area contributed by atoms with Crippen molar-refractivity contribution in [2.45, 2.75) is 13.8 Å². The summed E-state index contributed by atoms with van der Waals surface area (Å²) in [6, 6.07) is 7.85. The molecule has 2 heteroatoms. The van der Waals surface area contributed by atoms with Gasteiger partial charge in [0.05, 0.1) is 0 Å². The van der Waals surface area contributed by atoms with E-state index in [2.05, 4.69) is 0 Å². The SMILES string of the molecule is CC[P+](=O)c1ccccc1C. The molecule has 1 atom stereocenters. The topological polar surface area (TPSA) is 17.1 Å². The first kappa shape index (κ1) is 8.42. The highest BCUT2D eigenvalue weighted by Gasteiger charge is 2.17. The Labute approximate surface area is 68.2 Å². The van der Waals surface area contributed by atoms with Gasteiger partial charge in [-0.25, -0.2) is 0 Å². The van der Waals surface area contributed by atoms with Crippen LogP contribution >= 0.6 is 7.80 Å². The molecule has 0 saturated heterocycles. The maximum Gasteiger partial charge on any atom is 0.376 e. The van der Waals surface area contributed by atoms with Crippen LogP contribution in [-0.4, -0.2) is 6.16 Å². The van der Waals surface area contributed by atoms with Crippen LogP contribution in [0.15, 0.2) is 24.3 Å². The average molecular weight is 167 g/mol. The molecule has 0 radical (unpaired) electrons. The summed E-state index contributed by atoms with van der Waals surface area (Å²) >= 11 is 0. The molecule has 0 fully saturated rings. The van der Waals surface area contributed by atoms with Gasteiger partial charge in [-0.2, -0.15) is 0 Å². The zero-order valence-corrected chi connectivity index (χ0v) is 7.77. The average Bonchev–Trinajstić information content (AvgIpc) is 2.04. The number of rotatable bonds is 2. The summed E-state index contributed by atoms with van der Waals surface area (Å²) in [5.41, 5.74) is 1.13. The minimum Gasteiger partial charge on any atom is -0.0681 e. The van der Waals surface area contributed by atoms with Gasteiger partial charge in [-0.1, -0.05) is 22.8 Å². The Balaban J connectivity index is 3.03. The third kappa shape index (κ3) is 1.87. The van der Waals surface area contributed by atoms with Crippen molar-refractivity contribution in [3.05, 3.63) is 29.8 Å². The molecule has 0 N–H and O–H groups in total. The summed E-state index contributed by atoms with van der Waals surface area (Å²) < 4.78 is 11.4. The molecule has 0 aliphatic rings. The zero-order valence-electron chi connectivity index (χ0n) is 6.87. The highest BCUT2D eigenvalue weighted by atomic mass is 31.1. The summed E-state index contributed by atoms with van der Waals surface area (Å²) in [7, 11) is -1.14. The van der Waals surface area contributed by atoms with E-state index >= 15 is 0 Å². The highest BCUT2D eigenvalue weighted by Crippen LogP contribution is 2.20. The summed E-state index contributed by atoms with van der Waals surface area (Å²) in [6.07, 6.45) is 0.736.